The van der Waals surface area contributed by atoms with Crippen molar-refractivity contribution in [2.75, 3.05) is 40.5 Å². The summed E-state index contributed by atoms with van der Waals surface area (Å²) < 4.78 is 37.9. The van der Waals surface area contributed by atoms with Crippen molar-refractivity contribution in [2.45, 2.75) is 24.9 Å². The number of rotatable bonds is 7. The van der Waals surface area contributed by atoms with Crippen molar-refractivity contribution in [1.82, 2.24) is 14.2 Å². The van der Waals surface area contributed by atoms with Gasteiger partial charge in [-0.25, -0.2) is 13.4 Å². The summed E-state index contributed by atoms with van der Waals surface area (Å²) in [5.41, 5.74) is 1.62. The number of benzene rings is 1. The molecule has 1 aliphatic heterocycles. The summed E-state index contributed by atoms with van der Waals surface area (Å²) in [6.45, 7) is 6.15. The molecule has 2 heterocycles. The van der Waals surface area contributed by atoms with Gasteiger partial charge >= 0.3 is 0 Å². The van der Waals surface area contributed by atoms with Gasteiger partial charge in [0.1, 0.15) is 15.7 Å². The summed E-state index contributed by atoms with van der Waals surface area (Å²) in [5.74, 6) is 0.346. The second-order valence-corrected chi connectivity index (χ2v) is 9.49. The van der Waals surface area contributed by atoms with Crippen LogP contribution in [0.3, 0.4) is 0 Å². The molecule has 1 aliphatic rings. The molecule has 1 fully saturated rings. The molecule has 0 spiro atoms. The molecule has 1 aromatic carbocycles. The fourth-order valence-electron chi connectivity index (χ4n) is 2.91. The first-order chi connectivity index (χ1) is 12.9. The van der Waals surface area contributed by atoms with Gasteiger partial charge in [0.15, 0.2) is 0 Å². The van der Waals surface area contributed by atoms with Crippen LogP contribution in [0.4, 0.5) is 0 Å². The van der Waals surface area contributed by atoms with Gasteiger partial charge in [0.05, 0.1) is 39.1 Å². The quantitative estimate of drug-likeness (QED) is 0.695. The number of hydrogen-bond donors (Lipinski definition) is 0. The van der Waals surface area contributed by atoms with Crippen molar-refractivity contribution in [3.8, 4) is 5.75 Å². The highest BCUT2D eigenvalue weighted by Crippen LogP contribution is 2.28. The first-order valence-electron chi connectivity index (χ1n) is 8.74. The fourth-order valence-corrected chi connectivity index (χ4v) is 5.12. The van der Waals surface area contributed by atoms with Crippen LogP contribution in [0.25, 0.3) is 0 Å². The van der Waals surface area contributed by atoms with E-state index in [0.29, 0.717) is 5.75 Å². The van der Waals surface area contributed by atoms with Crippen molar-refractivity contribution in [2.24, 2.45) is 0 Å². The zero-order valence-corrected chi connectivity index (χ0v) is 17.5. The summed E-state index contributed by atoms with van der Waals surface area (Å²) in [5, 5.41) is 2.92. The fraction of sp³-hybridized carbons (Fsp3) is 0.500. The Balaban J connectivity index is 1.71. The predicted molar refractivity (Wildman–Crippen MR) is 105 cm³/mol. The maximum Gasteiger partial charge on any atom is 0.246 e. The van der Waals surface area contributed by atoms with Crippen LogP contribution in [0.5, 0.6) is 5.75 Å². The Morgan fingerprint density at radius 1 is 1.33 bits per heavy atom. The Morgan fingerprint density at radius 2 is 2.07 bits per heavy atom. The van der Waals surface area contributed by atoms with E-state index in [1.807, 2.05) is 18.4 Å². The van der Waals surface area contributed by atoms with Crippen LogP contribution >= 0.6 is 11.3 Å². The molecule has 0 amide bonds. The minimum Gasteiger partial charge on any atom is -0.495 e. The smallest absolute Gasteiger partial charge is 0.246 e. The van der Waals surface area contributed by atoms with E-state index in [0.717, 1.165) is 49.1 Å². The largest absolute Gasteiger partial charge is 0.495 e. The average molecular weight is 412 g/mol. The highest BCUT2D eigenvalue weighted by Gasteiger charge is 2.26. The number of methoxy groups -OCH3 is 1. The molecule has 1 aromatic heterocycles. The van der Waals surface area contributed by atoms with E-state index in [2.05, 4.69) is 9.88 Å². The third-order valence-electron chi connectivity index (χ3n) is 4.45. The van der Waals surface area contributed by atoms with Crippen LogP contribution in [0, 0.1) is 6.92 Å². The summed E-state index contributed by atoms with van der Waals surface area (Å²) in [6.07, 6.45) is 0. The van der Waals surface area contributed by atoms with E-state index < -0.39 is 10.0 Å². The van der Waals surface area contributed by atoms with Gasteiger partial charge < -0.3 is 9.47 Å². The number of thiazole rings is 1. The summed E-state index contributed by atoms with van der Waals surface area (Å²) >= 11 is 1.56. The van der Waals surface area contributed by atoms with E-state index in [9.17, 15) is 8.42 Å². The Labute approximate surface area is 164 Å². The maximum absolute atomic E-state index is 13.0. The van der Waals surface area contributed by atoms with Crippen molar-refractivity contribution in [3.63, 3.8) is 0 Å². The van der Waals surface area contributed by atoms with Crippen molar-refractivity contribution >= 4 is 21.4 Å². The molecule has 148 valence electrons. The molecule has 0 unspecified atom stereocenters. The normalized spacial score (nSPS) is 16.0. The molecule has 0 saturated carbocycles. The number of hydrogen-bond acceptors (Lipinski definition) is 7. The summed E-state index contributed by atoms with van der Waals surface area (Å²) in [7, 11) is -0.633. The van der Waals surface area contributed by atoms with Gasteiger partial charge in [0.2, 0.25) is 10.0 Å². The molecule has 7 nitrogen and oxygen atoms in total. The summed E-state index contributed by atoms with van der Waals surface area (Å²) in [6, 6.07) is 5.14. The number of sulfonamides is 1. The van der Waals surface area contributed by atoms with Crippen LogP contribution in [0.15, 0.2) is 28.5 Å². The van der Waals surface area contributed by atoms with Gasteiger partial charge in [-0.1, -0.05) is 6.07 Å². The number of aromatic nitrogens is 1. The molecule has 0 aliphatic carbocycles. The third kappa shape index (κ3) is 4.85. The molecular weight excluding hydrogens is 386 g/mol. The Bertz CT molecular complexity index is 876. The van der Waals surface area contributed by atoms with E-state index in [-0.39, 0.29) is 11.4 Å². The van der Waals surface area contributed by atoms with Crippen LogP contribution in [-0.2, 0) is 27.8 Å². The third-order valence-corrected chi connectivity index (χ3v) is 7.16. The lowest BCUT2D eigenvalue weighted by atomic mass is 10.2. The maximum atomic E-state index is 13.0. The Morgan fingerprint density at radius 3 is 2.78 bits per heavy atom. The van der Waals surface area contributed by atoms with Crippen molar-refractivity contribution in [1.29, 1.82) is 0 Å². The lowest BCUT2D eigenvalue weighted by Gasteiger charge is -2.25. The van der Waals surface area contributed by atoms with Gasteiger partial charge in [0.25, 0.3) is 0 Å². The Hall–Kier alpha value is -1.52. The zero-order valence-electron chi connectivity index (χ0n) is 15.8. The molecule has 0 N–H and O–H groups in total. The molecular formula is C18H25N3O4S2. The molecule has 0 bridgehead atoms. The van der Waals surface area contributed by atoms with Gasteiger partial charge in [-0.15, -0.1) is 11.3 Å². The second-order valence-electron chi connectivity index (χ2n) is 6.54. The number of ether oxygens (including phenoxy) is 2. The van der Waals surface area contributed by atoms with Gasteiger partial charge in [0, 0.05) is 25.5 Å². The van der Waals surface area contributed by atoms with E-state index in [1.165, 1.54) is 11.4 Å². The lowest BCUT2D eigenvalue weighted by Crippen LogP contribution is -2.35. The minimum absolute atomic E-state index is 0.177. The Kier molecular flexibility index (Phi) is 6.48. The highest BCUT2D eigenvalue weighted by atomic mass is 32.2. The van der Waals surface area contributed by atoms with Crippen molar-refractivity contribution in [3.05, 3.63) is 39.8 Å². The molecule has 27 heavy (non-hydrogen) atoms. The van der Waals surface area contributed by atoms with E-state index in [4.69, 9.17) is 9.47 Å². The van der Waals surface area contributed by atoms with Crippen LogP contribution in [0.2, 0.25) is 0 Å². The molecule has 3 rings (SSSR count). The lowest BCUT2D eigenvalue weighted by molar-refractivity contribution is 0.0341. The van der Waals surface area contributed by atoms with E-state index >= 15 is 0 Å². The molecule has 9 heteroatoms. The number of aryl methyl sites for hydroxylation is 1. The summed E-state index contributed by atoms with van der Waals surface area (Å²) in [4.78, 5) is 7.08. The molecule has 2 aromatic rings. The predicted octanol–water partition coefficient (Wildman–Crippen LogP) is 2.11. The monoisotopic (exact) mass is 411 g/mol. The minimum atomic E-state index is -3.67. The molecule has 1 saturated heterocycles. The standard InChI is InChI=1S/C18H25N3O4S2/c1-14-4-5-16(24-3)17(10-14)27(22,23)20(2)11-15-13-26-18(19-15)12-21-6-8-25-9-7-21/h4-5,10,13H,6-9,11-12H2,1-3H3. The van der Waals surface area contributed by atoms with Gasteiger partial charge in [-0.2, -0.15) is 4.31 Å². The number of nitrogens with zero attached hydrogens (tertiary/aromatic N) is 3. The molecule has 0 atom stereocenters. The second kappa shape index (κ2) is 8.66. The van der Waals surface area contributed by atoms with Crippen LogP contribution < -0.4 is 4.74 Å². The van der Waals surface area contributed by atoms with Crippen LogP contribution in [0.1, 0.15) is 16.3 Å². The number of morpholine rings is 1. The first-order valence-corrected chi connectivity index (χ1v) is 11.1. The van der Waals surface area contributed by atoms with Gasteiger partial charge in [-0.05, 0) is 24.6 Å². The van der Waals surface area contributed by atoms with E-state index in [1.54, 1.807) is 30.5 Å². The first kappa shape index (κ1) is 20.2. The van der Waals surface area contributed by atoms with Gasteiger partial charge in [-0.3, -0.25) is 4.90 Å². The topological polar surface area (TPSA) is 72.0 Å². The average Bonchev–Trinajstić information content (AvgIpc) is 3.09. The molecule has 0 radical (unpaired) electrons. The van der Waals surface area contributed by atoms with Crippen LogP contribution in [-0.4, -0.2) is 63.1 Å². The zero-order chi connectivity index (χ0) is 19.4. The SMILES string of the molecule is COc1ccc(C)cc1S(=O)(=O)N(C)Cc1csc(CN2CCOCC2)n1. The highest BCUT2D eigenvalue weighted by molar-refractivity contribution is 7.89. The van der Waals surface area contributed by atoms with Crippen molar-refractivity contribution < 1.29 is 17.9 Å².